The molecule has 10 rings (SSSR count). The molecule has 2 nitrogen and oxygen atoms in total. The predicted molar refractivity (Wildman–Crippen MR) is 255 cm³/mol. The Morgan fingerprint density at radius 2 is 1.24 bits per heavy atom. The summed E-state index contributed by atoms with van der Waals surface area (Å²) in [5.74, 6) is 0. The van der Waals surface area contributed by atoms with E-state index in [0.29, 0.717) is 0 Å². The highest BCUT2D eigenvalue weighted by molar-refractivity contribution is 6.14. The molecule has 0 N–H and O–H groups in total. The molecule has 1 aliphatic rings. The molecule has 284 valence electrons. The molecule has 0 atom stereocenters. The van der Waals surface area contributed by atoms with Gasteiger partial charge in [-0.25, -0.2) is 0 Å². The second kappa shape index (κ2) is 14.7. The molecule has 9 aromatic rings. The Morgan fingerprint density at radius 1 is 0.593 bits per heavy atom. The second-order valence-corrected chi connectivity index (χ2v) is 16.4. The molecule has 2 aromatic heterocycles. The summed E-state index contributed by atoms with van der Waals surface area (Å²) < 4.78 is 4.88. The average Bonchev–Trinajstić information content (AvgIpc) is 3.85. The van der Waals surface area contributed by atoms with E-state index >= 15 is 0 Å². The van der Waals surface area contributed by atoms with Crippen molar-refractivity contribution in [2.24, 2.45) is 5.41 Å². The van der Waals surface area contributed by atoms with Gasteiger partial charge in [0.15, 0.2) is 0 Å². The zero-order valence-corrected chi connectivity index (χ0v) is 33.9. The Labute approximate surface area is 346 Å². The monoisotopic (exact) mass is 758 g/mol. The fraction of sp³-hybridized carbons (Fsp3) is 0.0877. The lowest BCUT2D eigenvalue weighted by atomic mass is 9.85. The van der Waals surface area contributed by atoms with Crippen molar-refractivity contribution in [2.45, 2.75) is 27.2 Å². The zero-order valence-electron chi connectivity index (χ0n) is 33.9. The molecule has 0 amide bonds. The molecule has 7 aromatic carbocycles. The van der Waals surface area contributed by atoms with Gasteiger partial charge in [0, 0.05) is 27.7 Å². The van der Waals surface area contributed by atoms with Crippen LogP contribution in [0.4, 0.5) is 0 Å². The molecule has 0 saturated heterocycles. The lowest BCUT2D eigenvalue weighted by molar-refractivity contribution is 0.484. The minimum Gasteiger partial charge on any atom is -0.310 e. The first-order valence-corrected chi connectivity index (χ1v) is 20.6. The standard InChI is InChI=1S/C57H46N2/c1-5-7-15-39(6-2)40-22-26-47(27-23-40)58-53-28-24-42(34-45(53)37-55(58)41-16-9-8-10-17-41)43-25-29-54-46(35-43)38-56(59(54)48-30-32-57(3,4)33-31-48)52-36-44-18-11-12-19-49(44)50-20-13-14-21-51(50)52/h5-32,34-38H,1,33H2,2-4H3/b15-7-,39-6+. The predicted octanol–water partition coefficient (Wildman–Crippen LogP) is 15.9. The molecule has 2 heterocycles. The van der Waals surface area contributed by atoms with Crippen molar-refractivity contribution in [3.05, 3.63) is 212 Å². The lowest BCUT2D eigenvalue weighted by Gasteiger charge is -2.24. The maximum atomic E-state index is 3.85. The van der Waals surface area contributed by atoms with Crippen LogP contribution in [0.15, 0.2) is 207 Å². The van der Waals surface area contributed by atoms with Gasteiger partial charge in [0.25, 0.3) is 0 Å². The third-order valence-electron chi connectivity index (χ3n) is 12.0. The van der Waals surface area contributed by atoms with E-state index in [1.807, 2.05) is 12.2 Å². The summed E-state index contributed by atoms with van der Waals surface area (Å²) in [6, 6.07) is 58.3. The van der Waals surface area contributed by atoms with Crippen LogP contribution in [0.5, 0.6) is 0 Å². The fourth-order valence-corrected chi connectivity index (χ4v) is 8.95. The topological polar surface area (TPSA) is 9.86 Å². The number of benzene rings is 7. The van der Waals surface area contributed by atoms with E-state index in [9.17, 15) is 0 Å². The summed E-state index contributed by atoms with van der Waals surface area (Å²) in [7, 11) is 0. The van der Waals surface area contributed by atoms with E-state index in [0.717, 1.165) is 12.1 Å². The van der Waals surface area contributed by atoms with Crippen LogP contribution in [0.25, 0.3) is 93.9 Å². The second-order valence-electron chi connectivity index (χ2n) is 16.4. The number of allylic oxidation sites excluding steroid dienone is 9. The Kier molecular flexibility index (Phi) is 8.99. The number of aromatic nitrogens is 2. The van der Waals surface area contributed by atoms with Crippen LogP contribution in [0.1, 0.15) is 32.8 Å². The molecule has 0 saturated carbocycles. The van der Waals surface area contributed by atoms with E-state index in [1.165, 1.54) is 93.8 Å². The number of rotatable bonds is 8. The van der Waals surface area contributed by atoms with Crippen molar-refractivity contribution in [2.75, 3.05) is 0 Å². The summed E-state index contributed by atoms with van der Waals surface area (Å²) in [5.41, 5.74) is 14.4. The molecule has 0 bridgehead atoms. The normalized spacial score (nSPS) is 14.2. The first-order chi connectivity index (χ1) is 28.9. The van der Waals surface area contributed by atoms with Crippen molar-refractivity contribution >= 4 is 54.6 Å². The smallest absolute Gasteiger partial charge is 0.0547 e. The molecule has 0 spiro atoms. The Hall–Kier alpha value is -7.16. The number of hydrogen-bond acceptors (Lipinski definition) is 0. The summed E-state index contributed by atoms with van der Waals surface area (Å²) in [4.78, 5) is 0. The molecule has 0 radical (unpaired) electrons. The van der Waals surface area contributed by atoms with Gasteiger partial charge < -0.3 is 9.13 Å². The first-order valence-electron chi connectivity index (χ1n) is 20.6. The quantitative estimate of drug-likeness (QED) is 0.108. The van der Waals surface area contributed by atoms with Crippen molar-refractivity contribution in [3.8, 4) is 39.3 Å². The lowest BCUT2D eigenvalue weighted by Crippen LogP contribution is -2.11. The Balaban J connectivity index is 1.12. The molecule has 1 aliphatic carbocycles. The van der Waals surface area contributed by atoms with Crippen LogP contribution in [-0.4, -0.2) is 9.13 Å². The van der Waals surface area contributed by atoms with Crippen LogP contribution in [0.2, 0.25) is 0 Å². The maximum absolute atomic E-state index is 3.85. The third kappa shape index (κ3) is 6.48. The van der Waals surface area contributed by atoms with Gasteiger partial charge in [0.05, 0.1) is 22.4 Å². The van der Waals surface area contributed by atoms with E-state index in [1.54, 1.807) is 0 Å². The van der Waals surface area contributed by atoms with Gasteiger partial charge in [-0.05, 0) is 129 Å². The van der Waals surface area contributed by atoms with Gasteiger partial charge >= 0.3 is 0 Å². The average molecular weight is 759 g/mol. The Bertz CT molecular complexity index is 3210. The van der Waals surface area contributed by atoms with Gasteiger partial charge in [-0.3, -0.25) is 0 Å². The van der Waals surface area contributed by atoms with Crippen molar-refractivity contribution < 1.29 is 0 Å². The highest BCUT2D eigenvalue weighted by Crippen LogP contribution is 2.42. The number of nitrogens with zero attached hydrogens (tertiary/aromatic N) is 2. The van der Waals surface area contributed by atoms with E-state index in [-0.39, 0.29) is 5.41 Å². The van der Waals surface area contributed by atoms with Crippen LogP contribution in [0, 0.1) is 5.41 Å². The summed E-state index contributed by atoms with van der Waals surface area (Å²) in [6.45, 7) is 10.5. The highest BCUT2D eigenvalue weighted by Gasteiger charge is 2.22. The third-order valence-corrected chi connectivity index (χ3v) is 12.0. The summed E-state index contributed by atoms with van der Waals surface area (Å²) in [5, 5.41) is 7.51. The zero-order chi connectivity index (χ0) is 40.1. The van der Waals surface area contributed by atoms with E-state index in [2.05, 4.69) is 225 Å². The van der Waals surface area contributed by atoms with E-state index < -0.39 is 0 Å². The summed E-state index contributed by atoms with van der Waals surface area (Å²) >= 11 is 0. The van der Waals surface area contributed by atoms with Crippen molar-refractivity contribution in [1.82, 2.24) is 9.13 Å². The maximum Gasteiger partial charge on any atom is 0.0547 e. The van der Waals surface area contributed by atoms with Gasteiger partial charge in [-0.1, -0.05) is 160 Å². The first kappa shape index (κ1) is 36.2. The van der Waals surface area contributed by atoms with Crippen LogP contribution >= 0.6 is 0 Å². The summed E-state index contributed by atoms with van der Waals surface area (Å²) in [6.07, 6.45) is 16.1. The highest BCUT2D eigenvalue weighted by atomic mass is 15.0. The van der Waals surface area contributed by atoms with Gasteiger partial charge in [-0.2, -0.15) is 0 Å². The van der Waals surface area contributed by atoms with Crippen molar-refractivity contribution in [1.29, 1.82) is 0 Å². The van der Waals surface area contributed by atoms with Crippen LogP contribution < -0.4 is 0 Å². The van der Waals surface area contributed by atoms with Gasteiger partial charge in [0.1, 0.15) is 0 Å². The van der Waals surface area contributed by atoms with Crippen LogP contribution in [-0.2, 0) is 0 Å². The minimum atomic E-state index is 0.135. The largest absolute Gasteiger partial charge is 0.310 e. The SMILES string of the molecule is C=C/C=C\C(=C/C)c1ccc(-n2c(-c3ccccc3)cc3cc(-c4ccc5c(c4)cc(-c4cc6ccccc6c6ccccc46)n5C4=CCC(C)(C)C=C4)ccc32)cc1. The fourth-order valence-electron chi connectivity index (χ4n) is 8.95. The molecule has 0 unspecified atom stereocenters. The molecular weight excluding hydrogens is 713 g/mol. The van der Waals surface area contributed by atoms with E-state index in [4.69, 9.17) is 0 Å². The number of hydrogen-bond donors (Lipinski definition) is 0. The van der Waals surface area contributed by atoms with Crippen LogP contribution in [0.3, 0.4) is 0 Å². The minimum absolute atomic E-state index is 0.135. The van der Waals surface area contributed by atoms with Crippen molar-refractivity contribution in [3.63, 3.8) is 0 Å². The van der Waals surface area contributed by atoms with Gasteiger partial charge in [-0.15, -0.1) is 0 Å². The number of fused-ring (bicyclic) bond motifs is 5. The molecular formula is C57H46N2. The molecule has 2 heteroatoms. The molecule has 0 aliphatic heterocycles. The molecule has 0 fully saturated rings. The van der Waals surface area contributed by atoms with Gasteiger partial charge in [0.2, 0.25) is 0 Å². The molecule has 59 heavy (non-hydrogen) atoms. The Morgan fingerprint density at radius 3 is 1.92 bits per heavy atom.